The van der Waals surface area contributed by atoms with E-state index in [4.69, 9.17) is 0 Å². The number of H-pyrrole nitrogens is 2. The molecule has 0 aliphatic carbocycles. The number of carbonyl (C=O) groups excluding carboxylic acids is 1. The van der Waals surface area contributed by atoms with Crippen LogP contribution >= 0.6 is 0 Å². The van der Waals surface area contributed by atoms with Gasteiger partial charge in [-0.2, -0.15) is 5.10 Å². The van der Waals surface area contributed by atoms with Crippen molar-refractivity contribution in [1.29, 1.82) is 0 Å². The molecule has 0 saturated heterocycles. The summed E-state index contributed by atoms with van der Waals surface area (Å²) in [5.41, 5.74) is 1.23. The third-order valence-corrected chi connectivity index (χ3v) is 4.61. The van der Waals surface area contributed by atoms with E-state index in [1.165, 1.54) is 0 Å². The lowest BCUT2D eigenvalue weighted by atomic mass is 10.0. The molecule has 8 nitrogen and oxygen atoms in total. The van der Waals surface area contributed by atoms with Gasteiger partial charge in [0.05, 0.1) is 5.39 Å². The molecule has 4 rings (SSSR count). The molecule has 0 saturated carbocycles. The number of para-hydroxylation sites is 1. The van der Waals surface area contributed by atoms with Crippen molar-refractivity contribution in [2.45, 2.75) is 12.5 Å². The summed E-state index contributed by atoms with van der Waals surface area (Å²) < 4.78 is 0. The van der Waals surface area contributed by atoms with Gasteiger partial charge >= 0.3 is 5.97 Å². The lowest BCUT2D eigenvalue weighted by molar-refractivity contribution is -0.139. The Labute approximate surface area is 158 Å². The number of carboxylic acid groups (broad SMARTS) is 1. The molecule has 0 radical (unpaired) electrons. The van der Waals surface area contributed by atoms with Gasteiger partial charge in [-0.1, -0.05) is 36.4 Å². The second-order valence-corrected chi connectivity index (χ2v) is 6.37. The zero-order valence-corrected chi connectivity index (χ0v) is 14.6. The normalized spacial score (nSPS) is 12.1. The van der Waals surface area contributed by atoms with Crippen LogP contribution < -0.4 is 10.9 Å². The van der Waals surface area contributed by atoms with Gasteiger partial charge in [-0.05, 0) is 17.7 Å². The fourth-order valence-corrected chi connectivity index (χ4v) is 3.23. The lowest BCUT2D eigenvalue weighted by Gasteiger charge is -2.14. The van der Waals surface area contributed by atoms with Crippen LogP contribution in [0.3, 0.4) is 0 Å². The van der Waals surface area contributed by atoms with Crippen LogP contribution in [-0.2, 0) is 11.2 Å². The fourth-order valence-electron chi connectivity index (χ4n) is 3.23. The number of nitrogens with one attached hydrogen (secondary N) is 3. The molecule has 2 aromatic heterocycles. The van der Waals surface area contributed by atoms with Gasteiger partial charge in [0, 0.05) is 28.9 Å². The van der Waals surface area contributed by atoms with Crippen molar-refractivity contribution >= 4 is 33.6 Å². The molecule has 2 heterocycles. The summed E-state index contributed by atoms with van der Waals surface area (Å²) in [6, 6.07) is 12.9. The summed E-state index contributed by atoms with van der Waals surface area (Å²) in [5, 5.41) is 19.8. The van der Waals surface area contributed by atoms with Gasteiger partial charge in [0.25, 0.3) is 11.5 Å². The van der Waals surface area contributed by atoms with E-state index in [-0.39, 0.29) is 12.1 Å². The zero-order chi connectivity index (χ0) is 19.7. The van der Waals surface area contributed by atoms with Crippen LogP contribution in [-0.4, -0.2) is 38.2 Å². The Hall–Kier alpha value is -3.94. The number of aromatic amines is 2. The number of hydrogen-bond acceptors (Lipinski definition) is 4. The van der Waals surface area contributed by atoms with Crippen molar-refractivity contribution in [2.75, 3.05) is 0 Å². The van der Waals surface area contributed by atoms with Crippen molar-refractivity contribution < 1.29 is 14.7 Å². The first kappa shape index (κ1) is 17.5. The monoisotopic (exact) mass is 376 g/mol. The number of carbonyl (C=O) groups is 2. The van der Waals surface area contributed by atoms with Crippen LogP contribution in [0.1, 0.15) is 16.1 Å². The molecule has 4 N–H and O–H groups in total. The molecular formula is C20H16N4O4. The third kappa shape index (κ3) is 3.11. The largest absolute Gasteiger partial charge is 0.480 e. The maximum absolute atomic E-state index is 12.7. The highest BCUT2D eigenvalue weighted by molar-refractivity contribution is 6.05. The Bertz CT molecular complexity index is 1260. The topological polar surface area (TPSA) is 128 Å². The number of rotatable bonds is 5. The van der Waals surface area contributed by atoms with Gasteiger partial charge in [-0.15, -0.1) is 0 Å². The number of benzene rings is 2. The van der Waals surface area contributed by atoms with Crippen molar-refractivity contribution in [2.24, 2.45) is 0 Å². The third-order valence-electron chi connectivity index (χ3n) is 4.61. The number of amides is 1. The van der Waals surface area contributed by atoms with E-state index in [0.717, 1.165) is 16.5 Å². The second-order valence-electron chi connectivity index (χ2n) is 6.37. The number of fused-ring (bicyclic) bond motifs is 2. The van der Waals surface area contributed by atoms with Crippen LogP contribution in [0.15, 0.2) is 59.5 Å². The van der Waals surface area contributed by atoms with Crippen molar-refractivity contribution in [3.8, 4) is 0 Å². The quantitative estimate of drug-likeness (QED) is 0.422. The minimum atomic E-state index is -1.16. The van der Waals surface area contributed by atoms with Gasteiger partial charge in [0.2, 0.25) is 0 Å². The Morgan fingerprint density at radius 1 is 1.04 bits per heavy atom. The standard InChI is InChI=1S/C20H16N4O4/c25-18-14-7-2-1-6-13(14)17(23-24-18)19(26)22-16(20(27)28)9-11-10-21-15-8-4-3-5-12(11)15/h1-8,10,16,21H,9H2,(H,22,26)(H,24,25)(H,27,28). The molecule has 4 aromatic rings. The van der Waals surface area contributed by atoms with E-state index in [1.54, 1.807) is 30.5 Å². The lowest BCUT2D eigenvalue weighted by Crippen LogP contribution is -2.43. The van der Waals surface area contributed by atoms with Crippen LogP contribution in [0.2, 0.25) is 0 Å². The molecule has 28 heavy (non-hydrogen) atoms. The van der Waals surface area contributed by atoms with E-state index in [0.29, 0.717) is 10.8 Å². The van der Waals surface area contributed by atoms with Crippen molar-refractivity contribution in [1.82, 2.24) is 20.5 Å². The predicted octanol–water partition coefficient (Wildman–Crippen LogP) is 1.83. The minimum Gasteiger partial charge on any atom is -0.480 e. The predicted molar refractivity (Wildman–Crippen MR) is 103 cm³/mol. The highest BCUT2D eigenvalue weighted by atomic mass is 16.4. The van der Waals surface area contributed by atoms with Crippen LogP contribution in [0, 0.1) is 0 Å². The summed E-state index contributed by atoms with van der Waals surface area (Å²) in [4.78, 5) is 39.4. The summed E-state index contributed by atoms with van der Waals surface area (Å²) in [6.07, 6.45) is 1.84. The summed E-state index contributed by atoms with van der Waals surface area (Å²) in [5.74, 6) is -1.83. The highest BCUT2D eigenvalue weighted by Crippen LogP contribution is 2.19. The van der Waals surface area contributed by atoms with E-state index in [2.05, 4.69) is 20.5 Å². The molecule has 2 aromatic carbocycles. The van der Waals surface area contributed by atoms with Gasteiger partial charge in [-0.3, -0.25) is 9.59 Å². The minimum absolute atomic E-state index is 0.0274. The first-order valence-corrected chi connectivity index (χ1v) is 8.60. The molecule has 0 aliphatic heterocycles. The SMILES string of the molecule is O=C(NC(Cc1c[nH]c2ccccc12)C(=O)O)c1n[nH]c(=O)c2ccccc12. The van der Waals surface area contributed by atoms with E-state index >= 15 is 0 Å². The van der Waals surface area contributed by atoms with Gasteiger partial charge in [0.15, 0.2) is 5.69 Å². The first-order chi connectivity index (χ1) is 13.5. The number of hydrogen-bond donors (Lipinski definition) is 4. The number of nitrogens with zero attached hydrogens (tertiary/aromatic N) is 1. The molecular weight excluding hydrogens is 360 g/mol. The Balaban J connectivity index is 1.64. The Morgan fingerprint density at radius 3 is 2.46 bits per heavy atom. The molecule has 1 amide bonds. The van der Waals surface area contributed by atoms with E-state index in [9.17, 15) is 19.5 Å². The molecule has 0 fully saturated rings. The van der Waals surface area contributed by atoms with E-state index < -0.39 is 23.5 Å². The fraction of sp³-hybridized carbons (Fsp3) is 0.100. The number of aliphatic carboxylic acids is 1. The summed E-state index contributed by atoms with van der Waals surface area (Å²) >= 11 is 0. The van der Waals surface area contributed by atoms with Crippen LogP contribution in [0.5, 0.6) is 0 Å². The average molecular weight is 376 g/mol. The molecule has 0 aliphatic rings. The number of aromatic nitrogens is 3. The average Bonchev–Trinajstić information content (AvgIpc) is 3.11. The Kier molecular flexibility index (Phi) is 4.36. The van der Waals surface area contributed by atoms with Gasteiger partial charge in [-0.25, -0.2) is 9.89 Å². The summed E-state index contributed by atoms with van der Waals surface area (Å²) in [6.45, 7) is 0. The molecule has 140 valence electrons. The highest BCUT2D eigenvalue weighted by Gasteiger charge is 2.24. The zero-order valence-electron chi connectivity index (χ0n) is 14.6. The van der Waals surface area contributed by atoms with E-state index in [1.807, 2.05) is 24.3 Å². The van der Waals surface area contributed by atoms with Crippen LogP contribution in [0.25, 0.3) is 21.7 Å². The van der Waals surface area contributed by atoms with Crippen molar-refractivity contribution in [3.63, 3.8) is 0 Å². The molecule has 1 unspecified atom stereocenters. The molecule has 8 heteroatoms. The maximum atomic E-state index is 12.7. The first-order valence-electron chi connectivity index (χ1n) is 8.60. The molecule has 0 spiro atoms. The van der Waals surface area contributed by atoms with Crippen LogP contribution in [0.4, 0.5) is 0 Å². The number of carboxylic acids is 1. The second kappa shape index (κ2) is 6.99. The smallest absolute Gasteiger partial charge is 0.326 e. The maximum Gasteiger partial charge on any atom is 0.326 e. The Morgan fingerprint density at radius 2 is 1.71 bits per heavy atom. The molecule has 1 atom stereocenters. The van der Waals surface area contributed by atoms with Gasteiger partial charge < -0.3 is 15.4 Å². The summed E-state index contributed by atoms with van der Waals surface area (Å²) in [7, 11) is 0. The van der Waals surface area contributed by atoms with Gasteiger partial charge in [0.1, 0.15) is 6.04 Å². The van der Waals surface area contributed by atoms with Crippen molar-refractivity contribution in [3.05, 3.63) is 76.3 Å². The molecule has 0 bridgehead atoms.